The summed E-state index contributed by atoms with van der Waals surface area (Å²) in [5, 5.41) is 19.4. The molecule has 0 aliphatic heterocycles. The number of benzene rings is 2. The van der Waals surface area contributed by atoms with Crippen molar-refractivity contribution in [3.63, 3.8) is 0 Å². The molecular formula is C25H21F3N6O3. The average Bonchev–Trinajstić information content (AvgIpc) is 3.38. The molecule has 4 aromatic rings. The summed E-state index contributed by atoms with van der Waals surface area (Å²) in [5.41, 5.74) is 1.14. The van der Waals surface area contributed by atoms with Gasteiger partial charge in [0.05, 0.1) is 18.5 Å². The van der Waals surface area contributed by atoms with Crippen LogP contribution in [-0.2, 0) is 0 Å². The van der Waals surface area contributed by atoms with Crippen LogP contribution in [0.2, 0.25) is 0 Å². The number of nitrogens with zero attached hydrogens (tertiary/aromatic N) is 4. The van der Waals surface area contributed by atoms with E-state index in [2.05, 4.69) is 20.3 Å². The second kappa shape index (κ2) is 10.4. The van der Waals surface area contributed by atoms with Gasteiger partial charge in [0.25, 0.3) is 0 Å². The molecule has 2 N–H and O–H groups in total. The number of methoxy groups -OCH3 is 1. The van der Waals surface area contributed by atoms with E-state index >= 15 is 0 Å². The lowest BCUT2D eigenvalue weighted by Gasteiger charge is -2.16. The smallest absolute Gasteiger partial charge is 0.494 e. The molecule has 0 spiro atoms. The van der Waals surface area contributed by atoms with E-state index in [1.807, 2.05) is 0 Å². The Morgan fingerprint density at radius 2 is 1.89 bits per heavy atom. The first kappa shape index (κ1) is 25.2. The molecule has 190 valence electrons. The van der Waals surface area contributed by atoms with Gasteiger partial charge in [-0.25, -0.2) is 9.36 Å². The molecule has 0 saturated carbocycles. The maximum absolute atomic E-state index is 12.8. The number of nitrogens with one attached hydrogen (secondary N) is 2. The standard InChI is InChI=1S/C25H21F3N6O3/c1-16(29)13-20(31-17-5-3-6-19(14-17)37-25(26,27)28)24-22(35)9-12-34(32-24)21-8-7-18(15-23(21)36-2)33-11-4-10-30-33/h3-15,29,31H,1-2H3/b20-13-,29-16?. The van der Waals surface area contributed by atoms with Gasteiger partial charge in [-0.15, -0.1) is 13.2 Å². The molecule has 0 atom stereocenters. The van der Waals surface area contributed by atoms with Gasteiger partial charge in [0.1, 0.15) is 17.2 Å². The Balaban J connectivity index is 1.73. The minimum absolute atomic E-state index is 0.0607. The van der Waals surface area contributed by atoms with Crippen molar-refractivity contribution in [3.05, 3.63) is 95.2 Å². The van der Waals surface area contributed by atoms with Gasteiger partial charge >= 0.3 is 6.36 Å². The van der Waals surface area contributed by atoms with Gasteiger partial charge in [0.2, 0.25) is 5.43 Å². The minimum Gasteiger partial charge on any atom is -0.494 e. The van der Waals surface area contributed by atoms with E-state index in [0.717, 1.165) is 17.8 Å². The maximum atomic E-state index is 12.8. The van der Waals surface area contributed by atoms with E-state index in [1.165, 1.54) is 49.2 Å². The number of allylic oxidation sites excluding steroid dienone is 1. The first-order valence-corrected chi connectivity index (χ1v) is 10.8. The quantitative estimate of drug-likeness (QED) is 0.329. The number of aromatic nitrogens is 4. The van der Waals surface area contributed by atoms with Crippen LogP contribution in [0.15, 0.2) is 84.1 Å². The molecular weight excluding hydrogens is 489 g/mol. The zero-order valence-corrected chi connectivity index (χ0v) is 19.7. The number of anilines is 1. The summed E-state index contributed by atoms with van der Waals surface area (Å²) in [7, 11) is 1.50. The summed E-state index contributed by atoms with van der Waals surface area (Å²) in [4.78, 5) is 12.8. The number of halogens is 3. The van der Waals surface area contributed by atoms with Gasteiger partial charge in [0, 0.05) is 48.2 Å². The third kappa shape index (κ3) is 6.23. The average molecular weight is 510 g/mol. The van der Waals surface area contributed by atoms with Crippen molar-refractivity contribution in [2.45, 2.75) is 13.3 Å². The van der Waals surface area contributed by atoms with Crippen molar-refractivity contribution in [1.29, 1.82) is 5.41 Å². The van der Waals surface area contributed by atoms with Crippen LogP contribution >= 0.6 is 0 Å². The van der Waals surface area contributed by atoms with Crippen molar-refractivity contribution >= 4 is 17.1 Å². The number of hydrogen-bond acceptors (Lipinski definition) is 7. The van der Waals surface area contributed by atoms with Gasteiger partial charge < -0.3 is 20.2 Å². The zero-order valence-electron chi connectivity index (χ0n) is 19.7. The molecule has 0 aliphatic rings. The van der Waals surface area contributed by atoms with Gasteiger partial charge in [-0.1, -0.05) is 6.07 Å². The van der Waals surface area contributed by atoms with Crippen molar-refractivity contribution in [2.75, 3.05) is 12.4 Å². The molecule has 2 aromatic heterocycles. The number of alkyl halides is 3. The maximum Gasteiger partial charge on any atom is 0.573 e. The summed E-state index contributed by atoms with van der Waals surface area (Å²) in [6.07, 6.45) is 1.38. The van der Waals surface area contributed by atoms with Crippen LogP contribution in [0.5, 0.6) is 11.5 Å². The van der Waals surface area contributed by atoms with Crippen molar-refractivity contribution in [1.82, 2.24) is 19.6 Å². The fourth-order valence-electron chi connectivity index (χ4n) is 3.45. The van der Waals surface area contributed by atoms with Gasteiger partial charge in [-0.2, -0.15) is 10.2 Å². The molecule has 0 saturated heterocycles. The summed E-state index contributed by atoms with van der Waals surface area (Å²) >= 11 is 0. The lowest BCUT2D eigenvalue weighted by molar-refractivity contribution is -0.274. The highest BCUT2D eigenvalue weighted by atomic mass is 19.4. The number of rotatable bonds is 8. The predicted molar refractivity (Wildman–Crippen MR) is 132 cm³/mol. The van der Waals surface area contributed by atoms with Crippen molar-refractivity contribution in [3.8, 4) is 22.9 Å². The minimum atomic E-state index is -4.86. The Hall–Kier alpha value is -4.87. The molecule has 0 fully saturated rings. The summed E-state index contributed by atoms with van der Waals surface area (Å²) in [6.45, 7) is 1.49. The fraction of sp³-hybridized carbons (Fsp3) is 0.120. The molecule has 0 radical (unpaired) electrons. The third-order valence-corrected chi connectivity index (χ3v) is 4.95. The molecule has 0 aliphatic carbocycles. The van der Waals surface area contributed by atoms with Crippen molar-refractivity contribution < 1.29 is 22.6 Å². The molecule has 0 unspecified atom stereocenters. The fourth-order valence-corrected chi connectivity index (χ4v) is 3.45. The van der Waals surface area contributed by atoms with Gasteiger partial charge in [0.15, 0.2) is 5.69 Å². The number of ether oxygens (including phenoxy) is 2. The Bertz CT molecular complexity index is 1510. The summed E-state index contributed by atoms with van der Waals surface area (Å²) in [6, 6.07) is 13.5. The van der Waals surface area contributed by atoms with E-state index in [0.29, 0.717) is 11.4 Å². The van der Waals surface area contributed by atoms with Crippen LogP contribution in [-0.4, -0.2) is 38.7 Å². The van der Waals surface area contributed by atoms with Crippen LogP contribution in [0.4, 0.5) is 18.9 Å². The van der Waals surface area contributed by atoms with E-state index in [9.17, 15) is 18.0 Å². The Labute approximate surface area is 208 Å². The van der Waals surface area contributed by atoms with Crippen molar-refractivity contribution in [2.24, 2.45) is 0 Å². The highest BCUT2D eigenvalue weighted by molar-refractivity contribution is 5.98. The monoisotopic (exact) mass is 510 g/mol. The Morgan fingerprint density at radius 1 is 1.08 bits per heavy atom. The summed E-state index contributed by atoms with van der Waals surface area (Å²) < 4.78 is 50.5. The Morgan fingerprint density at radius 3 is 2.57 bits per heavy atom. The largest absolute Gasteiger partial charge is 0.573 e. The molecule has 0 bridgehead atoms. The van der Waals surface area contributed by atoms with Gasteiger partial charge in [-0.05, 0) is 43.3 Å². The molecule has 37 heavy (non-hydrogen) atoms. The molecule has 9 nitrogen and oxygen atoms in total. The molecule has 4 rings (SSSR count). The zero-order chi connectivity index (χ0) is 26.6. The predicted octanol–water partition coefficient (Wildman–Crippen LogP) is 4.82. The SMILES string of the molecule is COc1cc(-n2cccn2)ccc1-n1ccc(=O)c(/C(=C/C(C)=N)Nc2cccc(OC(F)(F)F)c2)n1. The van der Waals surface area contributed by atoms with E-state index < -0.39 is 17.5 Å². The molecule has 2 aromatic carbocycles. The lowest BCUT2D eigenvalue weighted by atomic mass is 10.2. The van der Waals surface area contributed by atoms with Crippen LogP contribution in [0.1, 0.15) is 12.6 Å². The van der Waals surface area contributed by atoms with Crippen LogP contribution in [0.3, 0.4) is 0 Å². The highest BCUT2D eigenvalue weighted by Gasteiger charge is 2.31. The second-order valence-corrected chi connectivity index (χ2v) is 7.72. The van der Waals surface area contributed by atoms with Gasteiger partial charge in [-0.3, -0.25) is 4.79 Å². The first-order valence-electron chi connectivity index (χ1n) is 10.8. The highest BCUT2D eigenvalue weighted by Crippen LogP contribution is 2.28. The summed E-state index contributed by atoms with van der Waals surface area (Å²) in [5.74, 6) is 0.0117. The lowest BCUT2D eigenvalue weighted by Crippen LogP contribution is -2.19. The Kier molecular flexibility index (Phi) is 7.09. The number of hydrogen-bond donors (Lipinski definition) is 2. The van der Waals surface area contributed by atoms with Crippen LogP contribution < -0.4 is 20.2 Å². The normalized spacial score (nSPS) is 11.8. The van der Waals surface area contributed by atoms with E-state index in [4.69, 9.17) is 10.1 Å². The first-order chi connectivity index (χ1) is 17.6. The van der Waals surface area contributed by atoms with Crippen LogP contribution in [0.25, 0.3) is 17.1 Å². The molecule has 12 heteroatoms. The molecule has 2 heterocycles. The third-order valence-electron chi connectivity index (χ3n) is 4.95. The molecule has 0 amide bonds. The second-order valence-electron chi connectivity index (χ2n) is 7.72. The van der Waals surface area contributed by atoms with Crippen LogP contribution in [0, 0.1) is 5.41 Å². The van der Waals surface area contributed by atoms with E-state index in [-0.39, 0.29) is 22.8 Å². The topological polar surface area (TPSA) is 107 Å². The van der Waals surface area contributed by atoms with E-state index in [1.54, 1.807) is 41.3 Å².